The summed E-state index contributed by atoms with van der Waals surface area (Å²) in [5, 5.41) is 0. The fourth-order valence-corrected chi connectivity index (χ4v) is 3.22. The molecule has 4 heteroatoms. The minimum atomic E-state index is -0.250. The molecule has 1 radical (unpaired) electrons. The van der Waals surface area contributed by atoms with Crippen LogP contribution in [0.2, 0.25) is 0 Å². The Labute approximate surface area is 81.6 Å². The highest BCUT2D eigenvalue weighted by molar-refractivity contribution is 5.86. The maximum Gasteiger partial charge on any atom is 0.310 e. The van der Waals surface area contributed by atoms with E-state index in [0.717, 1.165) is 18.9 Å². The first-order valence-electron chi connectivity index (χ1n) is 4.87. The van der Waals surface area contributed by atoms with E-state index < -0.39 is 0 Å². The van der Waals surface area contributed by atoms with Crippen LogP contribution in [0.25, 0.3) is 0 Å². The summed E-state index contributed by atoms with van der Waals surface area (Å²) in [6.07, 6.45) is 2.60. The first-order chi connectivity index (χ1) is 6.72. The third-order valence-corrected chi connectivity index (χ3v) is 3.74. The number of hydrogen-bond acceptors (Lipinski definition) is 4. The Balaban J connectivity index is 1.95. The summed E-state index contributed by atoms with van der Waals surface area (Å²) in [5.41, 5.74) is 0. The van der Waals surface area contributed by atoms with Crippen molar-refractivity contribution in [3.63, 3.8) is 0 Å². The lowest BCUT2D eigenvalue weighted by Gasteiger charge is -2.21. The van der Waals surface area contributed by atoms with E-state index in [2.05, 4.69) is 0 Å². The Bertz CT molecular complexity index is 309. The van der Waals surface area contributed by atoms with E-state index >= 15 is 0 Å². The molecule has 1 aliphatic heterocycles. The fraction of sp³-hybridized carbons (Fsp3) is 0.700. The van der Waals surface area contributed by atoms with Crippen molar-refractivity contribution < 1.29 is 19.1 Å². The maximum absolute atomic E-state index is 11.5. The van der Waals surface area contributed by atoms with E-state index in [1.54, 1.807) is 0 Å². The van der Waals surface area contributed by atoms with Crippen molar-refractivity contribution in [2.45, 2.75) is 12.8 Å². The first kappa shape index (κ1) is 8.26. The molecule has 3 fully saturated rings. The van der Waals surface area contributed by atoms with Crippen molar-refractivity contribution in [2.75, 3.05) is 7.11 Å². The summed E-state index contributed by atoms with van der Waals surface area (Å²) < 4.78 is 9.86. The summed E-state index contributed by atoms with van der Waals surface area (Å²) in [7, 11) is 1.37. The lowest BCUT2D eigenvalue weighted by atomic mass is 9.80. The van der Waals surface area contributed by atoms with Crippen LogP contribution in [0.15, 0.2) is 0 Å². The van der Waals surface area contributed by atoms with Gasteiger partial charge in [-0.15, -0.1) is 0 Å². The number of methoxy groups -OCH3 is 1. The van der Waals surface area contributed by atoms with Crippen LogP contribution in [0.1, 0.15) is 12.8 Å². The summed E-state index contributed by atoms with van der Waals surface area (Å²) in [5.74, 6) is -0.476. The van der Waals surface area contributed by atoms with E-state index in [9.17, 15) is 9.59 Å². The molecule has 2 saturated carbocycles. The van der Waals surface area contributed by atoms with Gasteiger partial charge in [-0.3, -0.25) is 9.59 Å². The van der Waals surface area contributed by atoms with Gasteiger partial charge in [0, 0.05) is 5.92 Å². The Hall–Kier alpha value is -1.06. The molecule has 75 valence electrons. The molecular formula is C10H11O4. The van der Waals surface area contributed by atoms with E-state index in [4.69, 9.17) is 9.47 Å². The summed E-state index contributed by atoms with van der Waals surface area (Å²) in [4.78, 5) is 23.0. The molecule has 2 aliphatic carbocycles. The molecule has 0 N–H and O–H groups in total. The quantitative estimate of drug-likeness (QED) is 0.572. The SMILES string of the molecule is COC(=O)C1C2C[C]3OC(=O)C1C3C2. The van der Waals surface area contributed by atoms with Crippen LogP contribution in [0.5, 0.6) is 0 Å². The second kappa shape index (κ2) is 2.49. The Morgan fingerprint density at radius 1 is 1.57 bits per heavy atom. The highest BCUT2D eigenvalue weighted by Crippen LogP contribution is 2.61. The number of rotatable bonds is 1. The highest BCUT2D eigenvalue weighted by Gasteiger charge is 2.65. The van der Waals surface area contributed by atoms with Crippen LogP contribution >= 0.6 is 0 Å². The largest absolute Gasteiger partial charge is 0.469 e. The van der Waals surface area contributed by atoms with Gasteiger partial charge in [-0.2, -0.15) is 0 Å². The predicted octanol–water partition coefficient (Wildman–Crippen LogP) is 0.520. The Morgan fingerprint density at radius 2 is 2.36 bits per heavy atom. The predicted molar refractivity (Wildman–Crippen MR) is 44.5 cm³/mol. The summed E-state index contributed by atoms with van der Waals surface area (Å²) >= 11 is 0. The molecule has 4 atom stereocenters. The molecule has 0 amide bonds. The summed E-state index contributed by atoms with van der Waals surface area (Å²) in [6.45, 7) is 0. The standard InChI is InChI=1S/C10H11O4/c1-13-9(11)7-4-2-5-6(3-4)14-10(12)8(5)7/h4-5,7-8H,2-3H2,1H3. The van der Waals surface area contributed by atoms with Crippen molar-refractivity contribution in [3.8, 4) is 0 Å². The van der Waals surface area contributed by atoms with Gasteiger partial charge in [-0.25, -0.2) is 0 Å². The van der Waals surface area contributed by atoms with Crippen LogP contribution < -0.4 is 0 Å². The number of ether oxygens (including phenoxy) is 2. The lowest BCUT2D eigenvalue weighted by molar-refractivity contribution is -0.153. The van der Waals surface area contributed by atoms with Crippen LogP contribution in [0.3, 0.4) is 0 Å². The Morgan fingerprint density at radius 3 is 3.07 bits per heavy atom. The van der Waals surface area contributed by atoms with Gasteiger partial charge in [0.25, 0.3) is 0 Å². The van der Waals surface area contributed by atoms with Crippen molar-refractivity contribution in [2.24, 2.45) is 23.7 Å². The average molecular weight is 195 g/mol. The topological polar surface area (TPSA) is 52.6 Å². The Kier molecular flexibility index (Phi) is 1.47. The van der Waals surface area contributed by atoms with E-state index in [-0.39, 0.29) is 35.6 Å². The molecule has 4 unspecified atom stereocenters. The number of fused-ring (bicyclic) bond motifs is 1. The lowest BCUT2D eigenvalue weighted by Crippen LogP contribution is -2.31. The zero-order chi connectivity index (χ0) is 9.87. The molecule has 1 heterocycles. The molecule has 3 aliphatic rings. The molecular weight excluding hydrogens is 184 g/mol. The molecule has 4 nitrogen and oxygen atoms in total. The second-order valence-corrected chi connectivity index (χ2v) is 4.27. The van der Waals surface area contributed by atoms with Gasteiger partial charge in [0.05, 0.1) is 18.9 Å². The fourth-order valence-electron chi connectivity index (χ4n) is 3.22. The number of hydrogen-bond donors (Lipinski definition) is 0. The minimum absolute atomic E-state index is 0.205. The van der Waals surface area contributed by atoms with Gasteiger partial charge in [0.2, 0.25) is 0 Å². The third kappa shape index (κ3) is 0.792. The van der Waals surface area contributed by atoms with Crippen molar-refractivity contribution in [1.82, 2.24) is 0 Å². The van der Waals surface area contributed by atoms with Crippen molar-refractivity contribution in [3.05, 3.63) is 6.10 Å². The molecule has 14 heavy (non-hydrogen) atoms. The zero-order valence-electron chi connectivity index (χ0n) is 7.86. The molecule has 0 spiro atoms. The monoisotopic (exact) mass is 195 g/mol. The smallest absolute Gasteiger partial charge is 0.310 e. The van der Waals surface area contributed by atoms with E-state index in [0.29, 0.717) is 0 Å². The van der Waals surface area contributed by atoms with Gasteiger partial charge in [-0.1, -0.05) is 0 Å². The molecule has 0 aromatic rings. The highest BCUT2D eigenvalue weighted by atomic mass is 16.6. The van der Waals surface area contributed by atoms with Crippen LogP contribution in [-0.2, 0) is 19.1 Å². The minimum Gasteiger partial charge on any atom is -0.469 e. The van der Waals surface area contributed by atoms with Gasteiger partial charge >= 0.3 is 11.9 Å². The number of carbonyl (C=O) groups is 2. The number of esters is 2. The van der Waals surface area contributed by atoms with Crippen LogP contribution in [-0.4, -0.2) is 19.0 Å². The van der Waals surface area contributed by atoms with Crippen molar-refractivity contribution in [1.29, 1.82) is 0 Å². The second-order valence-electron chi connectivity index (χ2n) is 4.27. The summed E-state index contributed by atoms with van der Waals surface area (Å²) in [6, 6.07) is 0. The molecule has 0 aromatic carbocycles. The maximum atomic E-state index is 11.5. The molecule has 1 saturated heterocycles. The average Bonchev–Trinajstić information content (AvgIpc) is 2.75. The molecule has 3 rings (SSSR count). The van der Waals surface area contributed by atoms with Crippen molar-refractivity contribution >= 4 is 11.9 Å². The van der Waals surface area contributed by atoms with Gasteiger partial charge < -0.3 is 9.47 Å². The van der Waals surface area contributed by atoms with Gasteiger partial charge in [0.1, 0.15) is 0 Å². The normalized spacial score (nSPS) is 44.2. The van der Waals surface area contributed by atoms with E-state index in [1.165, 1.54) is 7.11 Å². The van der Waals surface area contributed by atoms with Gasteiger partial charge in [0.15, 0.2) is 6.10 Å². The zero-order valence-corrected chi connectivity index (χ0v) is 7.86. The van der Waals surface area contributed by atoms with E-state index in [1.807, 2.05) is 0 Å². The van der Waals surface area contributed by atoms with Crippen LogP contribution in [0.4, 0.5) is 0 Å². The van der Waals surface area contributed by atoms with Crippen LogP contribution in [0, 0.1) is 29.8 Å². The van der Waals surface area contributed by atoms with Gasteiger partial charge in [-0.05, 0) is 18.8 Å². The number of carbonyl (C=O) groups excluding carboxylic acids is 2. The first-order valence-corrected chi connectivity index (χ1v) is 4.87. The third-order valence-electron chi connectivity index (χ3n) is 3.74. The molecule has 0 aromatic heterocycles. The molecule has 2 bridgehead atoms.